The molecule has 0 amide bonds. The van der Waals surface area contributed by atoms with Crippen molar-refractivity contribution >= 4 is 22.9 Å². The summed E-state index contributed by atoms with van der Waals surface area (Å²) in [6, 6.07) is 6.96. The summed E-state index contributed by atoms with van der Waals surface area (Å²) < 4.78 is 0. The molecule has 1 heterocycles. The number of fused-ring (bicyclic) bond motifs is 1. The predicted octanol–water partition coefficient (Wildman–Crippen LogP) is 5.21. The molecular weight excluding hydrogens is 298 g/mol. The molecule has 3 rings (SSSR count). The standard InChI is InChI=1S/C18H22ClNS/c1-4-20-18(14-8-11(2)12(3)9-15(14)19)17-10-13-6-5-7-16(13)21-17/h8-10,18,20H,4-7H2,1-3H3. The van der Waals surface area contributed by atoms with Gasteiger partial charge in [-0.3, -0.25) is 0 Å². The van der Waals surface area contributed by atoms with Gasteiger partial charge in [-0.1, -0.05) is 24.6 Å². The van der Waals surface area contributed by atoms with Crippen molar-refractivity contribution in [2.45, 2.75) is 46.1 Å². The number of aryl methyl sites for hydroxylation is 4. The molecule has 1 unspecified atom stereocenters. The van der Waals surface area contributed by atoms with Gasteiger partial charge in [0.15, 0.2) is 0 Å². The molecule has 1 nitrogen and oxygen atoms in total. The highest BCUT2D eigenvalue weighted by molar-refractivity contribution is 7.12. The summed E-state index contributed by atoms with van der Waals surface area (Å²) in [6.45, 7) is 7.37. The first kappa shape index (κ1) is 15.1. The number of thiophene rings is 1. The number of hydrogen-bond donors (Lipinski definition) is 1. The van der Waals surface area contributed by atoms with E-state index < -0.39 is 0 Å². The van der Waals surface area contributed by atoms with E-state index in [9.17, 15) is 0 Å². The van der Waals surface area contributed by atoms with Gasteiger partial charge < -0.3 is 5.32 Å². The van der Waals surface area contributed by atoms with Gasteiger partial charge in [0, 0.05) is 14.8 Å². The Kier molecular flexibility index (Phi) is 4.39. The summed E-state index contributed by atoms with van der Waals surface area (Å²) in [5.74, 6) is 0. The quantitative estimate of drug-likeness (QED) is 0.816. The topological polar surface area (TPSA) is 12.0 Å². The highest BCUT2D eigenvalue weighted by atomic mass is 35.5. The maximum absolute atomic E-state index is 6.54. The SMILES string of the molecule is CCNC(c1cc2c(s1)CCC2)c1cc(C)c(C)cc1Cl. The fraction of sp³-hybridized carbons (Fsp3) is 0.444. The highest BCUT2D eigenvalue weighted by Gasteiger charge is 2.22. The Hall–Kier alpha value is -0.830. The van der Waals surface area contributed by atoms with E-state index in [1.54, 1.807) is 10.4 Å². The minimum absolute atomic E-state index is 0.220. The lowest BCUT2D eigenvalue weighted by Gasteiger charge is -2.20. The second-order valence-electron chi connectivity index (χ2n) is 5.90. The highest BCUT2D eigenvalue weighted by Crippen LogP contribution is 2.38. The van der Waals surface area contributed by atoms with Gasteiger partial charge in [0.2, 0.25) is 0 Å². The van der Waals surface area contributed by atoms with Crippen molar-refractivity contribution in [1.29, 1.82) is 0 Å². The van der Waals surface area contributed by atoms with Crippen molar-refractivity contribution in [1.82, 2.24) is 5.32 Å². The Labute approximate surface area is 136 Å². The molecule has 1 aliphatic rings. The first-order valence-corrected chi connectivity index (χ1v) is 8.91. The second-order valence-corrected chi connectivity index (χ2v) is 7.47. The molecule has 0 saturated heterocycles. The molecule has 112 valence electrons. The molecule has 0 fully saturated rings. The Balaban J connectivity index is 2.03. The third kappa shape index (κ3) is 2.90. The van der Waals surface area contributed by atoms with Crippen LogP contribution in [0.2, 0.25) is 5.02 Å². The van der Waals surface area contributed by atoms with Gasteiger partial charge in [-0.25, -0.2) is 0 Å². The Morgan fingerprint density at radius 2 is 1.95 bits per heavy atom. The first-order chi connectivity index (χ1) is 10.1. The molecule has 1 aromatic carbocycles. The van der Waals surface area contributed by atoms with E-state index >= 15 is 0 Å². The van der Waals surface area contributed by atoms with Crippen LogP contribution >= 0.6 is 22.9 Å². The Morgan fingerprint density at radius 1 is 1.19 bits per heavy atom. The smallest absolute Gasteiger partial charge is 0.0685 e. The van der Waals surface area contributed by atoms with E-state index in [1.807, 2.05) is 11.3 Å². The van der Waals surface area contributed by atoms with E-state index in [2.05, 4.69) is 44.3 Å². The van der Waals surface area contributed by atoms with E-state index in [-0.39, 0.29) is 6.04 Å². The third-order valence-electron chi connectivity index (χ3n) is 4.38. The minimum Gasteiger partial charge on any atom is -0.306 e. The van der Waals surface area contributed by atoms with Crippen molar-refractivity contribution in [2.75, 3.05) is 6.54 Å². The molecule has 0 aliphatic heterocycles. The summed E-state index contributed by atoms with van der Waals surface area (Å²) in [4.78, 5) is 2.99. The number of hydrogen-bond acceptors (Lipinski definition) is 2. The van der Waals surface area contributed by atoms with Crippen molar-refractivity contribution in [3.05, 3.63) is 55.2 Å². The van der Waals surface area contributed by atoms with Gasteiger partial charge in [-0.15, -0.1) is 11.3 Å². The van der Waals surface area contributed by atoms with E-state index in [0.29, 0.717) is 0 Å². The van der Waals surface area contributed by atoms with E-state index in [1.165, 1.54) is 40.8 Å². The molecule has 0 bridgehead atoms. The van der Waals surface area contributed by atoms with Gasteiger partial charge in [0.25, 0.3) is 0 Å². The van der Waals surface area contributed by atoms with E-state index in [4.69, 9.17) is 11.6 Å². The summed E-state index contributed by atoms with van der Waals surface area (Å²) in [5, 5.41) is 4.49. The molecule has 0 radical (unpaired) electrons. The third-order valence-corrected chi connectivity index (χ3v) is 6.01. The van der Waals surface area contributed by atoms with Gasteiger partial charge in [-0.05, 0) is 74.0 Å². The van der Waals surface area contributed by atoms with Crippen LogP contribution < -0.4 is 5.32 Å². The second kappa shape index (κ2) is 6.12. The fourth-order valence-electron chi connectivity index (χ4n) is 3.09. The zero-order chi connectivity index (χ0) is 15.0. The van der Waals surface area contributed by atoms with Gasteiger partial charge >= 0.3 is 0 Å². The lowest BCUT2D eigenvalue weighted by atomic mass is 9.99. The number of nitrogens with one attached hydrogen (secondary N) is 1. The molecule has 1 aromatic heterocycles. The maximum atomic E-state index is 6.54. The molecule has 21 heavy (non-hydrogen) atoms. The fourth-order valence-corrected chi connectivity index (χ4v) is 4.77. The van der Waals surface area contributed by atoms with E-state index in [0.717, 1.165) is 11.6 Å². The summed E-state index contributed by atoms with van der Waals surface area (Å²) >= 11 is 8.50. The van der Waals surface area contributed by atoms with Crippen molar-refractivity contribution in [3.8, 4) is 0 Å². The predicted molar refractivity (Wildman–Crippen MR) is 92.8 cm³/mol. The van der Waals surface area contributed by atoms with Gasteiger partial charge in [-0.2, -0.15) is 0 Å². The monoisotopic (exact) mass is 319 g/mol. The largest absolute Gasteiger partial charge is 0.306 e. The van der Waals surface area contributed by atoms with Crippen LogP contribution in [0.3, 0.4) is 0 Å². The molecule has 2 aromatic rings. The maximum Gasteiger partial charge on any atom is 0.0685 e. The zero-order valence-corrected chi connectivity index (χ0v) is 14.5. The molecule has 0 spiro atoms. The van der Waals surface area contributed by atoms with Crippen LogP contribution in [0.15, 0.2) is 18.2 Å². The Bertz CT molecular complexity index is 638. The molecular formula is C18H22ClNS. The van der Waals surface area contributed by atoms with Crippen LogP contribution in [-0.4, -0.2) is 6.54 Å². The molecule has 1 aliphatic carbocycles. The van der Waals surface area contributed by atoms with Crippen LogP contribution in [0.5, 0.6) is 0 Å². The van der Waals surface area contributed by atoms with Gasteiger partial charge in [0.05, 0.1) is 6.04 Å². The van der Waals surface area contributed by atoms with Crippen molar-refractivity contribution in [3.63, 3.8) is 0 Å². The molecule has 1 N–H and O–H groups in total. The van der Waals surface area contributed by atoms with Crippen LogP contribution in [0, 0.1) is 13.8 Å². The van der Waals surface area contributed by atoms with Crippen LogP contribution in [0.25, 0.3) is 0 Å². The Morgan fingerprint density at radius 3 is 2.67 bits per heavy atom. The number of rotatable bonds is 4. The summed E-state index contributed by atoms with van der Waals surface area (Å²) in [7, 11) is 0. The average molecular weight is 320 g/mol. The van der Waals surface area contributed by atoms with Crippen LogP contribution in [-0.2, 0) is 12.8 Å². The lowest BCUT2D eigenvalue weighted by molar-refractivity contribution is 0.639. The number of halogens is 1. The first-order valence-electron chi connectivity index (χ1n) is 7.71. The van der Waals surface area contributed by atoms with Crippen LogP contribution in [0.1, 0.15) is 51.4 Å². The molecule has 3 heteroatoms. The summed E-state index contributed by atoms with van der Waals surface area (Å²) in [6.07, 6.45) is 3.81. The normalized spacial score (nSPS) is 15.2. The van der Waals surface area contributed by atoms with Gasteiger partial charge in [0.1, 0.15) is 0 Å². The zero-order valence-electron chi connectivity index (χ0n) is 12.9. The van der Waals surface area contributed by atoms with Crippen molar-refractivity contribution < 1.29 is 0 Å². The minimum atomic E-state index is 0.220. The van der Waals surface area contributed by atoms with Crippen molar-refractivity contribution in [2.24, 2.45) is 0 Å². The average Bonchev–Trinajstić information content (AvgIpc) is 3.01. The summed E-state index contributed by atoms with van der Waals surface area (Å²) in [5.41, 5.74) is 5.33. The molecule has 1 atom stereocenters. The molecule has 0 saturated carbocycles. The van der Waals surface area contributed by atoms with Crippen LogP contribution in [0.4, 0.5) is 0 Å². The lowest BCUT2D eigenvalue weighted by Crippen LogP contribution is -2.21. The number of benzene rings is 1.